The van der Waals surface area contributed by atoms with Crippen molar-refractivity contribution in [1.82, 2.24) is 9.80 Å². The van der Waals surface area contributed by atoms with E-state index < -0.39 is 35.3 Å². The summed E-state index contributed by atoms with van der Waals surface area (Å²) in [5.41, 5.74) is -1.41. The fraction of sp³-hybridized carbons (Fsp3) is 0.955. The van der Waals surface area contributed by atoms with Gasteiger partial charge in [-0.05, 0) is 117 Å². The van der Waals surface area contributed by atoms with Gasteiger partial charge in [-0.25, -0.2) is 0 Å². The molecule has 4 saturated heterocycles. The van der Waals surface area contributed by atoms with Crippen LogP contribution in [0.25, 0.3) is 0 Å². The zero-order chi connectivity index (χ0) is 38.2. The predicted molar refractivity (Wildman–Crippen MR) is 202 cm³/mol. The number of likely N-dealkylation sites (tertiary alicyclic amines) is 1. The summed E-state index contributed by atoms with van der Waals surface area (Å²) in [5.74, 6) is 1.08. The minimum atomic E-state index is -1.28. The summed E-state index contributed by atoms with van der Waals surface area (Å²) in [7, 11) is 0. The summed E-state index contributed by atoms with van der Waals surface area (Å²) in [5, 5.41) is 11.1. The maximum atomic E-state index is 15.1. The zero-order valence-electron chi connectivity index (χ0n) is 34.6. The van der Waals surface area contributed by atoms with Crippen molar-refractivity contribution in [2.24, 2.45) is 50.7 Å². The van der Waals surface area contributed by atoms with E-state index in [-0.39, 0.29) is 51.7 Å². The molecular weight excluding hydrogens is 684 g/mol. The number of morpholine rings is 1. The van der Waals surface area contributed by atoms with Crippen LogP contribution in [0, 0.1) is 50.7 Å². The SMILES string of the molecule is CC(=O)O[C@@H](C1C[C@@H](C)[C@H]2C(O1)C(=O)[C@@]1(C)C3CC[C@H]4C(C)(C)[C@@H](O[C@H]5CN(C6CCN(C7COC7)CC6)CCO5)CC[C@@]45CC35CC[C@]21C)C(C)(C)O. The predicted octanol–water partition coefficient (Wildman–Crippen LogP) is 5.62. The van der Waals surface area contributed by atoms with Crippen LogP contribution in [0.15, 0.2) is 0 Å². The van der Waals surface area contributed by atoms with Gasteiger partial charge in [0.15, 0.2) is 18.2 Å². The highest BCUT2D eigenvalue weighted by Gasteiger charge is 2.85. The molecule has 0 aromatic rings. The van der Waals surface area contributed by atoms with Crippen molar-refractivity contribution in [3.8, 4) is 0 Å². The second-order valence-corrected chi connectivity index (χ2v) is 21.4. The van der Waals surface area contributed by atoms with Gasteiger partial charge in [0.05, 0.1) is 43.7 Å². The molecule has 10 heteroatoms. The molecule has 304 valence electrons. The van der Waals surface area contributed by atoms with Crippen LogP contribution in [0.3, 0.4) is 0 Å². The first-order valence-electron chi connectivity index (χ1n) is 21.9. The van der Waals surface area contributed by atoms with Crippen LogP contribution in [0.5, 0.6) is 0 Å². The van der Waals surface area contributed by atoms with Crippen LogP contribution in [0.1, 0.15) is 120 Å². The number of piperidine rings is 1. The van der Waals surface area contributed by atoms with E-state index in [4.69, 9.17) is 23.7 Å². The van der Waals surface area contributed by atoms with E-state index in [0.29, 0.717) is 30.3 Å². The lowest BCUT2D eigenvalue weighted by atomic mass is 9.41. The van der Waals surface area contributed by atoms with Gasteiger partial charge >= 0.3 is 5.97 Å². The number of ketones is 1. The topological polar surface area (TPSA) is 107 Å². The molecule has 9 rings (SSSR count). The number of fused-ring (bicyclic) bond motifs is 4. The van der Waals surface area contributed by atoms with E-state index >= 15 is 4.79 Å². The Morgan fingerprint density at radius 3 is 2.30 bits per heavy atom. The molecule has 9 fully saturated rings. The second-order valence-electron chi connectivity index (χ2n) is 21.4. The first-order valence-corrected chi connectivity index (χ1v) is 21.9. The van der Waals surface area contributed by atoms with Gasteiger partial charge in [-0.2, -0.15) is 0 Å². The van der Waals surface area contributed by atoms with Crippen LogP contribution in [-0.2, 0) is 33.3 Å². The van der Waals surface area contributed by atoms with E-state index in [9.17, 15) is 9.90 Å². The largest absolute Gasteiger partial charge is 0.457 e. The lowest BCUT2D eigenvalue weighted by molar-refractivity contribution is -0.250. The molecule has 0 bridgehead atoms. The molecule has 4 aliphatic heterocycles. The van der Waals surface area contributed by atoms with Crippen molar-refractivity contribution < 1.29 is 38.4 Å². The number of aliphatic hydroxyl groups is 1. The van der Waals surface area contributed by atoms with Crippen LogP contribution < -0.4 is 0 Å². The highest BCUT2D eigenvalue weighted by atomic mass is 16.7. The quantitative estimate of drug-likeness (QED) is 0.330. The standard InChI is InChI=1S/C44H70N2O8/c1-26-21-30(38(40(5,6)49)52-27(2)47)53-36-35(26)41(7)15-16-44-25-43(44)14-11-33(39(3,4)31(43)9-10-32(44)42(41,8)37(36)48)54-34-22-46(19-20-51-34)28-12-17-45(18-13-28)29-23-50-24-29/h26,28-36,38,49H,9-25H2,1-8H3/t26-,30?,31+,32?,33+,34+,35+,36?,38+,41-,42-,43-,44?/m1/s1. The number of Topliss-reactive ketones (excluding diaryl/α,β-unsaturated/α-hetero) is 1. The number of esters is 1. The van der Waals surface area contributed by atoms with Crippen molar-refractivity contribution >= 4 is 11.8 Å². The Hall–Kier alpha value is -1.14. The number of nitrogens with zero attached hydrogens (tertiary/aromatic N) is 2. The number of hydrogen-bond acceptors (Lipinski definition) is 10. The third kappa shape index (κ3) is 5.41. The van der Waals surface area contributed by atoms with Crippen molar-refractivity contribution in [2.45, 2.75) is 168 Å². The maximum Gasteiger partial charge on any atom is 0.303 e. The molecule has 54 heavy (non-hydrogen) atoms. The third-order valence-electron chi connectivity index (χ3n) is 18.4. The molecule has 10 nitrogen and oxygen atoms in total. The first-order chi connectivity index (χ1) is 25.5. The molecular formula is C44H70N2O8. The smallest absolute Gasteiger partial charge is 0.303 e. The molecule has 9 aliphatic rings. The minimum Gasteiger partial charge on any atom is -0.457 e. The average molecular weight is 755 g/mol. The minimum absolute atomic E-state index is 0.0253. The number of carbonyl (C=O) groups is 2. The molecule has 5 aliphatic carbocycles. The highest BCUT2D eigenvalue weighted by molar-refractivity contribution is 5.93. The molecule has 4 unspecified atom stereocenters. The lowest BCUT2D eigenvalue weighted by Gasteiger charge is -2.62. The van der Waals surface area contributed by atoms with Gasteiger partial charge in [0.2, 0.25) is 0 Å². The molecule has 1 N–H and O–H groups in total. The van der Waals surface area contributed by atoms with Gasteiger partial charge in [0.1, 0.15) is 6.10 Å². The lowest BCUT2D eigenvalue weighted by Crippen LogP contribution is -2.60. The van der Waals surface area contributed by atoms with Crippen LogP contribution in [0.2, 0.25) is 0 Å². The van der Waals surface area contributed by atoms with E-state index in [1.807, 2.05) is 0 Å². The summed E-state index contributed by atoms with van der Waals surface area (Å²) < 4.78 is 31.4. The number of carbonyl (C=O) groups excluding carboxylic acids is 2. The highest BCUT2D eigenvalue weighted by Crippen LogP contribution is 2.89. The summed E-state index contributed by atoms with van der Waals surface area (Å²) in [6, 6.07) is 1.24. The van der Waals surface area contributed by atoms with Crippen molar-refractivity contribution in [1.29, 1.82) is 0 Å². The fourth-order valence-electron chi connectivity index (χ4n) is 15.6. The van der Waals surface area contributed by atoms with Crippen molar-refractivity contribution in [2.75, 3.05) is 46.0 Å². The monoisotopic (exact) mass is 755 g/mol. The molecule has 2 spiro atoms. The van der Waals surface area contributed by atoms with Crippen molar-refractivity contribution in [3.63, 3.8) is 0 Å². The molecule has 0 radical (unpaired) electrons. The van der Waals surface area contributed by atoms with E-state index in [2.05, 4.69) is 44.4 Å². The number of rotatable bonds is 7. The number of hydrogen-bond donors (Lipinski definition) is 1. The summed E-state index contributed by atoms with van der Waals surface area (Å²) >= 11 is 0. The molecule has 5 saturated carbocycles. The fourth-order valence-corrected chi connectivity index (χ4v) is 15.6. The molecule has 0 amide bonds. The van der Waals surface area contributed by atoms with Gasteiger partial charge in [-0.15, -0.1) is 0 Å². The second kappa shape index (κ2) is 12.9. The first kappa shape index (κ1) is 38.4. The van der Waals surface area contributed by atoms with Crippen LogP contribution in [-0.4, -0.2) is 121 Å². The van der Waals surface area contributed by atoms with E-state index in [0.717, 1.165) is 58.6 Å². The van der Waals surface area contributed by atoms with Gasteiger partial charge in [0, 0.05) is 50.5 Å². The summed E-state index contributed by atoms with van der Waals surface area (Å²) in [6.45, 7) is 23.4. The van der Waals surface area contributed by atoms with Gasteiger partial charge in [0.25, 0.3) is 0 Å². The van der Waals surface area contributed by atoms with E-state index in [1.54, 1.807) is 13.8 Å². The zero-order valence-corrected chi connectivity index (χ0v) is 34.6. The Balaban J connectivity index is 0.895. The van der Waals surface area contributed by atoms with Gasteiger partial charge < -0.3 is 28.8 Å². The summed E-state index contributed by atoms with van der Waals surface area (Å²) in [4.78, 5) is 32.5. The Kier molecular flexibility index (Phi) is 9.19. The Bertz CT molecular complexity index is 1490. The number of ether oxygens (including phenoxy) is 5. The Labute approximate surface area is 324 Å². The van der Waals surface area contributed by atoms with Crippen molar-refractivity contribution in [3.05, 3.63) is 0 Å². The average Bonchev–Trinajstić information content (AvgIpc) is 3.72. The molecule has 4 heterocycles. The normalized spacial score (nSPS) is 48.7. The molecule has 0 aromatic carbocycles. The Morgan fingerprint density at radius 2 is 1.63 bits per heavy atom. The van der Waals surface area contributed by atoms with Crippen LogP contribution >= 0.6 is 0 Å². The van der Waals surface area contributed by atoms with Gasteiger partial charge in [-0.3, -0.25) is 19.4 Å². The molecule has 13 atom stereocenters. The van der Waals surface area contributed by atoms with E-state index in [1.165, 1.54) is 52.1 Å². The molecule has 0 aromatic heterocycles. The summed E-state index contributed by atoms with van der Waals surface area (Å²) in [6.07, 6.45) is 9.18. The van der Waals surface area contributed by atoms with Crippen LogP contribution in [0.4, 0.5) is 0 Å². The maximum absolute atomic E-state index is 15.1. The Morgan fingerprint density at radius 1 is 0.926 bits per heavy atom. The third-order valence-corrected chi connectivity index (χ3v) is 18.4. The van der Waals surface area contributed by atoms with Gasteiger partial charge in [-0.1, -0.05) is 34.6 Å².